The summed E-state index contributed by atoms with van der Waals surface area (Å²) in [6.45, 7) is 0.606. The molecule has 1 aromatic heterocycles. The van der Waals surface area contributed by atoms with E-state index in [9.17, 15) is 4.79 Å². The lowest BCUT2D eigenvalue weighted by Crippen LogP contribution is -2.28. The van der Waals surface area contributed by atoms with Gasteiger partial charge in [-0.2, -0.15) is 0 Å². The van der Waals surface area contributed by atoms with Gasteiger partial charge in [0, 0.05) is 46.8 Å². The quantitative estimate of drug-likeness (QED) is 0.594. The van der Waals surface area contributed by atoms with Crippen molar-refractivity contribution in [1.82, 2.24) is 4.98 Å². The van der Waals surface area contributed by atoms with E-state index >= 15 is 0 Å². The highest BCUT2D eigenvalue weighted by Gasteiger charge is 2.29. The second-order valence-electron chi connectivity index (χ2n) is 8.29. The van der Waals surface area contributed by atoms with Gasteiger partial charge in [-0.05, 0) is 54.8 Å². The van der Waals surface area contributed by atoms with Crippen LogP contribution in [0.1, 0.15) is 23.1 Å². The predicted molar refractivity (Wildman–Crippen MR) is 123 cm³/mol. The van der Waals surface area contributed by atoms with Crippen LogP contribution in [0.3, 0.4) is 0 Å². The number of halogens is 1. The number of benzene rings is 2. The molecule has 6 nitrogen and oxygen atoms in total. The molecular formula is C25H20ClN3O3. The first kappa shape index (κ1) is 19.3. The number of hydrogen-bond acceptors (Lipinski definition) is 5. The van der Waals surface area contributed by atoms with E-state index in [1.807, 2.05) is 42.5 Å². The van der Waals surface area contributed by atoms with Crippen LogP contribution in [0.5, 0.6) is 17.2 Å². The van der Waals surface area contributed by atoms with Crippen LogP contribution in [0.15, 0.2) is 53.7 Å². The summed E-state index contributed by atoms with van der Waals surface area (Å²) < 4.78 is 12.3. The second kappa shape index (κ2) is 7.64. The molecule has 4 heterocycles. The Morgan fingerprint density at radius 1 is 1.12 bits per heavy atom. The maximum Gasteiger partial charge on any atom is 0.225 e. The molecule has 6 rings (SSSR count). The molecule has 32 heavy (non-hydrogen) atoms. The van der Waals surface area contributed by atoms with E-state index < -0.39 is 0 Å². The van der Waals surface area contributed by atoms with Crippen molar-refractivity contribution in [3.8, 4) is 17.2 Å². The molecule has 0 saturated heterocycles. The monoisotopic (exact) mass is 445 g/mol. The highest BCUT2D eigenvalue weighted by atomic mass is 35.5. The van der Waals surface area contributed by atoms with Crippen LogP contribution >= 0.6 is 11.6 Å². The molecule has 0 fully saturated rings. The zero-order valence-corrected chi connectivity index (χ0v) is 18.0. The number of pyridine rings is 1. The molecule has 0 bridgehead atoms. The molecule has 0 radical (unpaired) electrons. The average molecular weight is 446 g/mol. The molecule has 2 aromatic carbocycles. The highest BCUT2D eigenvalue weighted by molar-refractivity contribution is 6.32. The summed E-state index contributed by atoms with van der Waals surface area (Å²) in [5, 5.41) is 3.58. The van der Waals surface area contributed by atoms with Gasteiger partial charge in [-0.1, -0.05) is 17.7 Å². The number of hydrogen-bond donors (Lipinski definition) is 1. The first-order valence-electron chi connectivity index (χ1n) is 10.7. The second-order valence-corrected chi connectivity index (χ2v) is 8.69. The molecule has 3 aromatic rings. The van der Waals surface area contributed by atoms with E-state index in [1.54, 1.807) is 6.20 Å². The number of fused-ring (bicyclic) bond motifs is 3. The van der Waals surface area contributed by atoms with Gasteiger partial charge in [-0.25, -0.2) is 4.98 Å². The number of carbonyl (C=O) groups excluding carboxylic acids is 1. The third-order valence-electron chi connectivity index (χ3n) is 6.23. The van der Waals surface area contributed by atoms with Crippen molar-refractivity contribution in [1.29, 1.82) is 0 Å². The van der Waals surface area contributed by atoms with Gasteiger partial charge < -0.3 is 14.8 Å². The predicted octanol–water partition coefficient (Wildman–Crippen LogP) is 5.29. The Balaban J connectivity index is 1.23. The van der Waals surface area contributed by atoms with Crippen LogP contribution in [0.25, 0.3) is 0 Å². The van der Waals surface area contributed by atoms with Crippen molar-refractivity contribution in [2.75, 3.05) is 11.9 Å². The van der Waals surface area contributed by atoms with Gasteiger partial charge in [0.25, 0.3) is 0 Å². The minimum absolute atomic E-state index is 0.0163. The lowest BCUT2D eigenvalue weighted by Gasteiger charge is -2.26. The first-order valence-corrected chi connectivity index (χ1v) is 11.1. The van der Waals surface area contributed by atoms with Crippen LogP contribution in [0, 0.1) is 5.92 Å². The van der Waals surface area contributed by atoms with Gasteiger partial charge in [-0.15, -0.1) is 0 Å². The van der Waals surface area contributed by atoms with Crippen molar-refractivity contribution >= 4 is 34.7 Å². The Labute approximate surface area is 190 Å². The van der Waals surface area contributed by atoms with Gasteiger partial charge >= 0.3 is 0 Å². The van der Waals surface area contributed by atoms with Crippen molar-refractivity contribution in [2.24, 2.45) is 10.9 Å². The normalized spacial score (nSPS) is 18.6. The molecule has 7 heteroatoms. The fourth-order valence-corrected chi connectivity index (χ4v) is 4.80. The number of ether oxygens (including phenoxy) is 2. The molecule has 0 spiro atoms. The number of nitrogens with one attached hydrogen (secondary N) is 1. The van der Waals surface area contributed by atoms with E-state index in [0.29, 0.717) is 31.0 Å². The summed E-state index contributed by atoms with van der Waals surface area (Å²) in [6.07, 6.45) is 4.30. The highest BCUT2D eigenvalue weighted by Crippen LogP contribution is 2.39. The summed E-state index contributed by atoms with van der Waals surface area (Å²) >= 11 is 6.36. The molecular weight excluding hydrogens is 426 g/mol. The molecule has 1 amide bonds. The summed E-state index contributed by atoms with van der Waals surface area (Å²) in [7, 11) is 0. The smallest absolute Gasteiger partial charge is 0.225 e. The Hall–Kier alpha value is -3.38. The summed E-state index contributed by atoms with van der Waals surface area (Å²) in [4.78, 5) is 20.8. The Morgan fingerprint density at radius 2 is 2.06 bits per heavy atom. The minimum atomic E-state index is -0.0163. The fraction of sp³-hybridized carbons (Fsp3) is 0.240. The summed E-state index contributed by atoms with van der Waals surface area (Å²) in [5.41, 5.74) is 5.20. The van der Waals surface area contributed by atoms with E-state index in [2.05, 4.69) is 10.3 Å². The topological polar surface area (TPSA) is 72.8 Å². The van der Waals surface area contributed by atoms with Gasteiger partial charge in [0.05, 0.1) is 12.3 Å². The van der Waals surface area contributed by atoms with Crippen molar-refractivity contribution in [2.45, 2.75) is 25.7 Å². The Kier molecular flexibility index (Phi) is 4.61. The molecule has 3 aliphatic heterocycles. The van der Waals surface area contributed by atoms with E-state index in [1.165, 1.54) is 0 Å². The molecule has 0 saturated carbocycles. The Bertz CT molecular complexity index is 1290. The third kappa shape index (κ3) is 3.41. The third-order valence-corrected chi connectivity index (χ3v) is 6.58. The van der Waals surface area contributed by atoms with Crippen LogP contribution < -0.4 is 14.8 Å². The standard InChI is InChI=1S/C25H20ClN3O3/c26-19-2-1-3-20-18(19)12-21(28-20)15-10-14-11-16(4-6-22(14)31-13-15)32-23-8-9-27-25-17(23)5-7-24(30)29-25/h1-4,6,8-9,11,15H,5,7,10,12-13H2,(H,27,29,30). The lowest BCUT2D eigenvalue weighted by molar-refractivity contribution is -0.116. The number of aliphatic imine (C=N–C) groups is 1. The van der Waals surface area contributed by atoms with Crippen LogP contribution in [-0.4, -0.2) is 23.2 Å². The zero-order chi connectivity index (χ0) is 21.7. The molecule has 1 unspecified atom stereocenters. The number of aromatic nitrogens is 1. The van der Waals surface area contributed by atoms with Crippen LogP contribution in [0.2, 0.25) is 5.02 Å². The molecule has 3 aliphatic rings. The minimum Gasteiger partial charge on any atom is -0.493 e. The molecule has 1 N–H and O–H groups in total. The number of nitrogens with zero attached hydrogens (tertiary/aromatic N) is 2. The number of anilines is 1. The van der Waals surface area contributed by atoms with Gasteiger partial charge in [0.2, 0.25) is 5.91 Å². The Morgan fingerprint density at radius 3 is 2.97 bits per heavy atom. The number of amides is 1. The molecule has 0 aliphatic carbocycles. The first-order chi connectivity index (χ1) is 15.6. The van der Waals surface area contributed by atoms with E-state index in [0.717, 1.165) is 57.5 Å². The van der Waals surface area contributed by atoms with Crippen molar-refractivity contribution in [3.05, 3.63) is 70.4 Å². The SMILES string of the molecule is O=C1CCc2c(Oc3ccc4c(c3)CC(C3=Nc5cccc(Cl)c5C3)CO4)ccnc2N1. The summed E-state index contributed by atoms with van der Waals surface area (Å²) in [5.74, 6) is 3.10. The van der Waals surface area contributed by atoms with E-state index in [-0.39, 0.29) is 11.8 Å². The average Bonchev–Trinajstić information content (AvgIpc) is 3.24. The largest absolute Gasteiger partial charge is 0.493 e. The van der Waals surface area contributed by atoms with Gasteiger partial charge in [-0.3, -0.25) is 9.79 Å². The van der Waals surface area contributed by atoms with Crippen LogP contribution in [-0.2, 0) is 24.1 Å². The fourth-order valence-electron chi connectivity index (χ4n) is 4.57. The number of carbonyl (C=O) groups is 1. The number of rotatable bonds is 3. The van der Waals surface area contributed by atoms with Crippen molar-refractivity contribution < 1.29 is 14.3 Å². The summed E-state index contributed by atoms with van der Waals surface area (Å²) in [6, 6.07) is 13.6. The molecule has 160 valence electrons. The van der Waals surface area contributed by atoms with Gasteiger partial charge in [0.15, 0.2) is 0 Å². The zero-order valence-electron chi connectivity index (χ0n) is 17.2. The molecule has 1 atom stereocenters. The lowest BCUT2D eigenvalue weighted by atomic mass is 9.90. The van der Waals surface area contributed by atoms with Crippen molar-refractivity contribution in [3.63, 3.8) is 0 Å². The maximum atomic E-state index is 11.7. The van der Waals surface area contributed by atoms with E-state index in [4.69, 9.17) is 26.1 Å². The maximum absolute atomic E-state index is 11.7. The van der Waals surface area contributed by atoms with Gasteiger partial charge in [0.1, 0.15) is 23.1 Å². The van der Waals surface area contributed by atoms with Crippen LogP contribution in [0.4, 0.5) is 11.5 Å².